The number of carbonyl (C=O) groups is 6. The third kappa shape index (κ3) is 15.6. The highest BCUT2D eigenvalue weighted by atomic mass is 16.6. The van der Waals surface area contributed by atoms with E-state index in [9.17, 15) is 39.0 Å². The smallest absolute Gasteiger partial charge is 0.360 e. The van der Waals surface area contributed by atoms with E-state index in [1.165, 1.54) is 42.1 Å². The number of methoxy groups -OCH3 is 3. The number of para-hydroxylation sites is 3. The quantitative estimate of drug-likeness (QED) is 0.0672. The van der Waals surface area contributed by atoms with Crippen molar-refractivity contribution in [1.82, 2.24) is 19.9 Å². The Hall–Kier alpha value is -10.7. The molecule has 0 atom stereocenters. The number of benzene rings is 6. The Kier molecular flexibility index (Phi) is 20.2. The van der Waals surface area contributed by atoms with E-state index in [0.29, 0.717) is 79.4 Å². The molecule has 0 aliphatic heterocycles. The zero-order chi connectivity index (χ0) is 59.7. The second-order valence-electron chi connectivity index (χ2n) is 18.0. The normalized spacial score (nSPS) is 10.6. The van der Waals surface area contributed by atoms with Crippen LogP contribution in [0, 0.1) is 0 Å². The topological polar surface area (TPSA) is 268 Å². The first-order chi connectivity index (χ1) is 39.9. The lowest BCUT2D eigenvalue weighted by molar-refractivity contribution is -0.143. The van der Waals surface area contributed by atoms with E-state index >= 15 is 0 Å². The van der Waals surface area contributed by atoms with Crippen LogP contribution in [-0.2, 0) is 57.8 Å². The summed E-state index contributed by atoms with van der Waals surface area (Å²) in [5.41, 5.74) is 0.713. The molecular formula is C62H56N4O17. The number of rotatable bonds is 16. The lowest BCUT2D eigenvalue weighted by atomic mass is 10.1. The number of fused-ring (bicyclic) bond motifs is 3. The number of hydrogen-bond acceptors (Lipinski definition) is 21. The first-order valence-electron chi connectivity index (χ1n) is 25.2. The Bertz CT molecular complexity index is 3840. The fourth-order valence-corrected chi connectivity index (χ4v) is 8.03. The standard InChI is InChI=1S/C22H19NO7.C20H20N2O4.C20H17NO6/c1-13(24)28-12-19-18-11-16(30-15-7-5-4-6-8-15)9-10-17(18)21(29-14(2)25)20(23-19)22(26)27-3;1-22(2)12-17-16-11-14(26-13-7-5-4-6-8-13)9-10-15(16)19(23)18(21-17)20(24)25-3;1-12(22)26-11-17-16-10-14(27-13-6-4-3-5-7-13)8-9-15(16)19(23)18(21-17)20(24)25-2/h4-11H,12H2,1-3H3;4-11,23H,12H2,1-3H3;3-10,23H,11H2,1-2H3. The van der Waals surface area contributed by atoms with Crippen LogP contribution in [0.2, 0.25) is 0 Å². The van der Waals surface area contributed by atoms with Gasteiger partial charge < -0.3 is 57.7 Å². The minimum absolute atomic E-state index is 0.0396. The number of pyridine rings is 3. The molecular weight excluding hydrogens is 1070 g/mol. The van der Waals surface area contributed by atoms with Crippen LogP contribution in [0.5, 0.6) is 51.7 Å². The maximum absolute atomic E-state index is 12.2. The van der Waals surface area contributed by atoms with E-state index in [1.54, 1.807) is 72.8 Å². The van der Waals surface area contributed by atoms with Crippen molar-refractivity contribution in [2.45, 2.75) is 40.5 Å². The molecule has 0 radical (unpaired) electrons. The minimum atomic E-state index is -0.790. The maximum atomic E-state index is 12.2. The molecule has 9 rings (SSSR count). The summed E-state index contributed by atoms with van der Waals surface area (Å²) < 4.78 is 47.0. The highest BCUT2D eigenvalue weighted by Crippen LogP contribution is 2.38. The van der Waals surface area contributed by atoms with Crippen molar-refractivity contribution in [3.8, 4) is 51.7 Å². The first kappa shape index (κ1) is 60.0. The molecule has 6 aromatic carbocycles. The molecule has 2 N–H and O–H groups in total. The molecule has 0 unspecified atom stereocenters. The van der Waals surface area contributed by atoms with Crippen LogP contribution < -0.4 is 18.9 Å². The van der Waals surface area contributed by atoms with Crippen molar-refractivity contribution in [1.29, 1.82) is 0 Å². The summed E-state index contributed by atoms with van der Waals surface area (Å²) in [6, 6.07) is 42.9. The monoisotopic (exact) mass is 1130 g/mol. The van der Waals surface area contributed by atoms with Crippen LogP contribution >= 0.6 is 0 Å². The Labute approximate surface area is 475 Å². The second-order valence-corrected chi connectivity index (χ2v) is 18.0. The average molecular weight is 1130 g/mol. The molecule has 3 heterocycles. The van der Waals surface area contributed by atoms with E-state index in [2.05, 4.69) is 19.7 Å². The lowest BCUT2D eigenvalue weighted by Crippen LogP contribution is -2.15. The number of aromatic nitrogens is 3. The molecule has 0 aliphatic rings. The van der Waals surface area contributed by atoms with Crippen molar-refractivity contribution in [3.05, 3.63) is 180 Å². The van der Waals surface area contributed by atoms with E-state index in [0.717, 1.165) is 5.39 Å². The van der Waals surface area contributed by atoms with Crippen molar-refractivity contribution >= 4 is 68.1 Å². The number of aromatic hydroxyl groups is 2. The van der Waals surface area contributed by atoms with Crippen molar-refractivity contribution in [3.63, 3.8) is 0 Å². The second kappa shape index (κ2) is 28.0. The molecule has 21 nitrogen and oxygen atoms in total. The number of esters is 6. The van der Waals surface area contributed by atoms with Crippen LogP contribution in [0.3, 0.4) is 0 Å². The van der Waals surface area contributed by atoms with E-state index < -0.39 is 35.8 Å². The molecule has 0 amide bonds. The van der Waals surface area contributed by atoms with Crippen LogP contribution in [-0.4, -0.2) is 101 Å². The van der Waals surface area contributed by atoms with Crippen LogP contribution in [0.25, 0.3) is 32.3 Å². The van der Waals surface area contributed by atoms with Gasteiger partial charge in [-0.3, -0.25) is 14.4 Å². The zero-order valence-corrected chi connectivity index (χ0v) is 46.3. The van der Waals surface area contributed by atoms with Crippen molar-refractivity contribution < 1.29 is 81.6 Å². The van der Waals surface area contributed by atoms with E-state index in [-0.39, 0.29) is 53.2 Å². The summed E-state index contributed by atoms with van der Waals surface area (Å²) in [6.07, 6.45) is 0. The minimum Gasteiger partial charge on any atom is -0.505 e. The molecule has 0 spiro atoms. The third-order valence-corrected chi connectivity index (χ3v) is 11.7. The van der Waals surface area contributed by atoms with Gasteiger partial charge in [-0.25, -0.2) is 29.3 Å². The van der Waals surface area contributed by atoms with Crippen LogP contribution in [0.1, 0.15) is 69.3 Å². The SMILES string of the molecule is COC(=O)c1nc(CN(C)C)c2cc(Oc3ccccc3)ccc2c1O.COC(=O)c1nc(COC(C)=O)c2cc(Oc3ccccc3)ccc2c1O.COC(=O)c1nc(COC(C)=O)c2cc(Oc3ccccc3)ccc2c1OC(C)=O. The molecule has 0 bridgehead atoms. The summed E-state index contributed by atoms with van der Waals surface area (Å²) in [6.45, 7) is 3.90. The predicted molar refractivity (Wildman–Crippen MR) is 302 cm³/mol. The van der Waals surface area contributed by atoms with E-state index in [4.69, 9.17) is 37.9 Å². The molecule has 0 fully saturated rings. The van der Waals surface area contributed by atoms with Crippen molar-refractivity contribution in [2.24, 2.45) is 0 Å². The van der Waals surface area contributed by atoms with Crippen molar-refractivity contribution in [2.75, 3.05) is 35.4 Å². The third-order valence-electron chi connectivity index (χ3n) is 11.7. The Morgan fingerprint density at radius 3 is 1.11 bits per heavy atom. The molecule has 21 heteroatoms. The van der Waals surface area contributed by atoms with Gasteiger partial charge >= 0.3 is 35.8 Å². The molecule has 0 aliphatic carbocycles. The molecule has 9 aromatic rings. The number of hydrogen-bond donors (Lipinski definition) is 2. The highest BCUT2D eigenvalue weighted by Gasteiger charge is 2.25. The largest absolute Gasteiger partial charge is 0.505 e. The fourth-order valence-electron chi connectivity index (χ4n) is 8.03. The molecule has 0 saturated heterocycles. The molecule has 3 aromatic heterocycles. The van der Waals surface area contributed by atoms with Gasteiger partial charge in [0.05, 0.1) is 38.4 Å². The van der Waals surface area contributed by atoms with Gasteiger partial charge in [0.25, 0.3) is 0 Å². The number of carbonyl (C=O) groups excluding carboxylic acids is 6. The number of nitrogens with zero attached hydrogens (tertiary/aromatic N) is 4. The van der Waals surface area contributed by atoms with Gasteiger partial charge in [-0.1, -0.05) is 54.6 Å². The summed E-state index contributed by atoms with van der Waals surface area (Å²) in [5, 5.41) is 23.9. The highest BCUT2D eigenvalue weighted by molar-refractivity contribution is 6.03. The predicted octanol–water partition coefficient (Wildman–Crippen LogP) is 11.0. The van der Waals surface area contributed by atoms with Gasteiger partial charge in [0.2, 0.25) is 0 Å². The summed E-state index contributed by atoms with van der Waals surface area (Å²) >= 11 is 0. The van der Waals surface area contributed by atoms with Crippen LogP contribution in [0.15, 0.2) is 146 Å². The summed E-state index contributed by atoms with van der Waals surface area (Å²) in [7, 11) is 7.45. The molecule has 426 valence electrons. The van der Waals surface area contributed by atoms with Gasteiger partial charge in [-0.05, 0) is 105 Å². The molecule has 0 saturated carbocycles. The average Bonchev–Trinajstić information content (AvgIpc) is 3.61. The number of ether oxygens (including phenoxy) is 9. The maximum Gasteiger partial charge on any atom is 0.360 e. The molecule has 83 heavy (non-hydrogen) atoms. The van der Waals surface area contributed by atoms with Gasteiger partial charge in [0.15, 0.2) is 34.3 Å². The Morgan fingerprint density at radius 1 is 0.410 bits per heavy atom. The lowest BCUT2D eigenvalue weighted by Gasteiger charge is -2.15. The van der Waals surface area contributed by atoms with Crippen LogP contribution in [0.4, 0.5) is 0 Å². The van der Waals surface area contributed by atoms with Gasteiger partial charge in [-0.15, -0.1) is 0 Å². The van der Waals surface area contributed by atoms with E-state index in [1.807, 2.05) is 91.8 Å². The summed E-state index contributed by atoms with van der Waals surface area (Å²) in [5.74, 6) is -0.833. The van der Waals surface area contributed by atoms with Gasteiger partial charge in [0, 0.05) is 59.6 Å². The first-order valence-corrected chi connectivity index (χ1v) is 25.2. The zero-order valence-electron chi connectivity index (χ0n) is 46.3. The van der Waals surface area contributed by atoms with Gasteiger partial charge in [-0.2, -0.15) is 0 Å². The van der Waals surface area contributed by atoms with Gasteiger partial charge in [0.1, 0.15) is 47.7 Å². The summed E-state index contributed by atoms with van der Waals surface area (Å²) in [4.78, 5) is 84.9. The Balaban J connectivity index is 0.000000179. The fraction of sp³-hybridized carbons (Fsp3) is 0.177. The Morgan fingerprint density at radius 2 is 0.747 bits per heavy atom.